The summed E-state index contributed by atoms with van der Waals surface area (Å²) in [5.74, 6) is 2.06. The second-order valence-electron chi connectivity index (χ2n) is 4.65. The second-order valence-corrected chi connectivity index (χ2v) is 4.65. The van der Waals surface area contributed by atoms with Crippen LogP contribution in [0.4, 0.5) is 11.6 Å². The van der Waals surface area contributed by atoms with E-state index in [-0.39, 0.29) is 0 Å². The maximum atomic E-state index is 5.72. The lowest BCUT2D eigenvalue weighted by molar-refractivity contribution is 0.294. The van der Waals surface area contributed by atoms with Gasteiger partial charge in [-0.1, -0.05) is 36.4 Å². The zero-order valence-corrected chi connectivity index (χ0v) is 11.7. The molecule has 0 radical (unpaired) electrons. The molecule has 0 bridgehead atoms. The van der Waals surface area contributed by atoms with Crippen LogP contribution in [-0.2, 0) is 6.61 Å². The fraction of sp³-hybridized carbons (Fsp3) is 0.125. The summed E-state index contributed by atoms with van der Waals surface area (Å²) >= 11 is 0. The van der Waals surface area contributed by atoms with E-state index >= 15 is 0 Å². The number of aromatic nitrogens is 3. The second kappa shape index (κ2) is 6.09. The number of H-pyrrole nitrogens is 1. The number of para-hydroxylation sites is 2. The van der Waals surface area contributed by atoms with E-state index in [9.17, 15) is 0 Å². The molecule has 5 heteroatoms. The topological polar surface area (TPSA) is 62.8 Å². The Morgan fingerprint density at radius 3 is 2.62 bits per heavy atom. The summed E-state index contributed by atoms with van der Waals surface area (Å²) < 4.78 is 5.72. The van der Waals surface area contributed by atoms with Crippen LogP contribution in [0.25, 0.3) is 0 Å². The molecule has 0 aliphatic rings. The molecule has 3 rings (SSSR count). The predicted octanol–water partition coefficient (Wildman–Crippen LogP) is 3.44. The molecular weight excluding hydrogens is 264 g/mol. The number of hydrogen-bond acceptors (Lipinski definition) is 4. The van der Waals surface area contributed by atoms with E-state index < -0.39 is 0 Å². The van der Waals surface area contributed by atoms with Gasteiger partial charge in [0.15, 0.2) is 5.82 Å². The van der Waals surface area contributed by atoms with Crippen molar-refractivity contribution in [2.24, 2.45) is 0 Å². The van der Waals surface area contributed by atoms with E-state index in [4.69, 9.17) is 4.74 Å². The quantitative estimate of drug-likeness (QED) is 0.751. The third-order valence-corrected chi connectivity index (χ3v) is 3.02. The van der Waals surface area contributed by atoms with E-state index in [0.29, 0.717) is 18.4 Å². The third-order valence-electron chi connectivity index (χ3n) is 3.02. The molecule has 2 aromatic carbocycles. The normalized spacial score (nSPS) is 10.3. The molecule has 0 unspecified atom stereocenters. The summed E-state index contributed by atoms with van der Waals surface area (Å²) in [5, 5.41) is 10.1. The molecule has 5 nitrogen and oxygen atoms in total. The molecule has 0 saturated heterocycles. The smallest absolute Gasteiger partial charge is 0.246 e. The van der Waals surface area contributed by atoms with Crippen LogP contribution in [0, 0.1) is 6.92 Å². The molecular formula is C16H16N4O. The monoisotopic (exact) mass is 280 g/mol. The third kappa shape index (κ3) is 3.39. The highest BCUT2D eigenvalue weighted by atomic mass is 16.5. The molecule has 21 heavy (non-hydrogen) atoms. The Bertz CT molecular complexity index is 709. The molecule has 106 valence electrons. The Kier molecular flexibility index (Phi) is 3.82. The van der Waals surface area contributed by atoms with Gasteiger partial charge in [0.25, 0.3) is 0 Å². The number of aromatic amines is 1. The molecule has 0 aliphatic carbocycles. The first-order chi connectivity index (χ1) is 10.3. The van der Waals surface area contributed by atoms with E-state index in [2.05, 4.69) is 20.5 Å². The summed E-state index contributed by atoms with van der Waals surface area (Å²) in [5.41, 5.74) is 2.04. The van der Waals surface area contributed by atoms with Crippen LogP contribution in [0.1, 0.15) is 11.4 Å². The van der Waals surface area contributed by atoms with Crippen LogP contribution in [-0.4, -0.2) is 15.2 Å². The summed E-state index contributed by atoms with van der Waals surface area (Å²) in [6, 6.07) is 17.7. The lowest BCUT2D eigenvalue weighted by atomic mass is 10.2. The summed E-state index contributed by atoms with van der Waals surface area (Å²) in [7, 11) is 0. The minimum absolute atomic E-state index is 0.355. The minimum atomic E-state index is 0.355. The average molecular weight is 280 g/mol. The minimum Gasteiger partial charge on any atom is -0.485 e. The Hall–Kier alpha value is -2.82. The first-order valence-electron chi connectivity index (χ1n) is 6.73. The Balaban J connectivity index is 1.62. The van der Waals surface area contributed by atoms with E-state index in [1.165, 1.54) is 0 Å². The Morgan fingerprint density at radius 1 is 1.05 bits per heavy atom. The average Bonchev–Trinajstić information content (AvgIpc) is 2.95. The SMILES string of the molecule is Cc1ccccc1OCc1nc(Nc2ccccc2)n[nH]1. The summed E-state index contributed by atoms with van der Waals surface area (Å²) in [4.78, 5) is 4.35. The van der Waals surface area contributed by atoms with Crippen molar-refractivity contribution in [3.63, 3.8) is 0 Å². The van der Waals surface area contributed by atoms with Gasteiger partial charge >= 0.3 is 0 Å². The molecule has 0 saturated carbocycles. The number of aryl methyl sites for hydroxylation is 1. The van der Waals surface area contributed by atoms with Gasteiger partial charge in [-0.15, -0.1) is 5.10 Å². The van der Waals surface area contributed by atoms with Crippen molar-refractivity contribution in [3.05, 3.63) is 66.0 Å². The molecule has 0 spiro atoms. The molecule has 1 heterocycles. The first-order valence-corrected chi connectivity index (χ1v) is 6.73. The van der Waals surface area contributed by atoms with E-state index in [1.54, 1.807) is 0 Å². The molecule has 2 N–H and O–H groups in total. The van der Waals surface area contributed by atoms with Gasteiger partial charge in [-0.3, -0.25) is 5.10 Å². The molecule has 1 aromatic heterocycles. The molecule has 0 atom stereocenters. The van der Waals surface area contributed by atoms with Gasteiger partial charge in [0.05, 0.1) is 0 Å². The highest BCUT2D eigenvalue weighted by Crippen LogP contribution is 2.17. The van der Waals surface area contributed by atoms with Crippen molar-refractivity contribution in [2.75, 3.05) is 5.32 Å². The van der Waals surface area contributed by atoms with Crippen molar-refractivity contribution >= 4 is 11.6 Å². The fourth-order valence-corrected chi connectivity index (χ4v) is 1.93. The largest absolute Gasteiger partial charge is 0.485 e. The number of rotatable bonds is 5. The maximum absolute atomic E-state index is 5.72. The van der Waals surface area contributed by atoms with Gasteiger partial charge in [0, 0.05) is 5.69 Å². The molecule has 3 aromatic rings. The lowest BCUT2D eigenvalue weighted by Gasteiger charge is -2.06. The number of benzene rings is 2. The standard InChI is InChI=1S/C16H16N4O/c1-12-7-5-6-10-14(12)21-11-15-18-16(20-19-15)17-13-8-3-2-4-9-13/h2-10H,11H2,1H3,(H2,17,18,19,20). The Labute approximate surface area is 123 Å². The number of hydrogen-bond donors (Lipinski definition) is 2. The van der Waals surface area contributed by atoms with Crippen LogP contribution in [0.5, 0.6) is 5.75 Å². The number of ether oxygens (including phenoxy) is 1. The van der Waals surface area contributed by atoms with Crippen LogP contribution in [0.3, 0.4) is 0 Å². The van der Waals surface area contributed by atoms with Gasteiger partial charge in [-0.2, -0.15) is 4.98 Å². The van der Waals surface area contributed by atoms with Crippen molar-refractivity contribution in [3.8, 4) is 5.75 Å². The maximum Gasteiger partial charge on any atom is 0.246 e. The number of nitrogens with zero attached hydrogens (tertiary/aromatic N) is 2. The lowest BCUT2D eigenvalue weighted by Crippen LogP contribution is -1.99. The van der Waals surface area contributed by atoms with Crippen LogP contribution >= 0.6 is 0 Å². The van der Waals surface area contributed by atoms with Gasteiger partial charge in [-0.05, 0) is 30.7 Å². The van der Waals surface area contributed by atoms with E-state index in [0.717, 1.165) is 17.0 Å². The van der Waals surface area contributed by atoms with Gasteiger partial charge in [0.1, 0.15) is 12.4 Å². The van der Waals surface area contributed by atoms with Crippen molar-refractivity contribution in [1.29, 1.82) is 0 Å². The molecule has 0 aliphatic heterocycles. The first kappa shape index (κ1) is 13.2. The number of nitrogens with one attached hydrogen (secondary N) is 2. The molecule has 0 fully saturated rings. The summed E-state index contributed by atoms with van der Waals surface area (Å²) in [6.45, 7) is 2.37. The van der Waals surface area contributed by atoms with Crippen LogP contribution in [0.15, 0.2) is 54.6 Å². The van der Waals surface area contributed by atoms with Crippen molar-refractivity contribution in [2.45, 2.75) is 13.5 Å². The number of anilines is 2. The van der Waals surface area contributed by atoms with E-state index in [1.807, 2.05) is 61.5 Å². The highest BCUT2D eigenvalue weighted by molar-refractivity contribution is 5.52. The van der Waals surface area contributed by atoms with Crippen molar-refractivity contribution < 1.29 is 4.74 Å². The van der Waals surface area contributed by atoms with Crippen LogP contribution < -0.4 is 10.1 Å². The van der Waals surface area contributed by atoms with Crippen molar-refractivity contribution in [1.82, 2.24) is 15.2 Å². The fourth-order valence-electron chi connectivity index (χ4n) is 1.93. The highest BCUT2D eigenvalue weighted by Gasteiger charge is 2.05. The van der Waals surface area contributed by atoms with Gasteiger partial charge in [0.2, 0.25) is 5.95 Å². The summed E-state index contributed by atoms with van der Waals surface area (Å²) in [6.07, 6.45) is 0. The zero-order chi connectivity index (χ0) is 14.5. The predicted molar refractivity (Wildman–Crippen MR) is 81.6 cm³/mol. The van der Waals surface area contributed by atoms with Gasteiger partial charge in [-0.25, -0.2) is 0 Å². The van der Waals surface area contributed by atoms with Crippen LogP contribution in [0.2, 0.25) is 0 Å². The molecule has 0 amide bonds. The Morgan fingerprint density at radius 2 is 1.81 bits per heavy atom. The van der Waals surface area contributed by atoms with Gasteiger partial charge < -0.3 is 10.1 Å². The zero-order valence-electron chi connectivity index (χ0n) is 11.7.